The summed E-state index contributed by atoms with van der Waals surface area (Å²) in [5, 5.41) is 4.17. The zero-order valence-electron chi connectivity index (χ0n) is 12.2. The van der Waals surface area contributed by atoms with Crippen LogP contribution in [-0.2, 0) is 0 Å². The van der Waals surface area contributed by atoms with Gasteiger partial charge < -0.3 is 9.73 Å². The van der Waals surface area contributed by atoms with Crippen LogP contribution in [0.3, 0.4) is 0 Å². The van der Waals surface area contributed by atoms with Crippen LogP contribution in [-0.4, -0.2) is 6.54 Å². The minimum Gasteiger partial charge on any atom is -0.453 e. The molecule has 21 heavy (non-hydrogen) atoms. The Morgan fingerprint density at radius 1 is 1.14 bits per heavy atom. The van der Waals surface area contributed by atoms with E-state index < -0.39 is 0 Å². The van der Waals surface area contributed by atoms with Crippen molar-refractivity contribution in [3.63, 3.8) is 0 Å². The second kappa shape index (κ2) is 5.70. The first-order valence-corrected chi connectivity index (χ1v) is 7.21. The molecule has 108 valence electrons. The molecule has 2 aromatic carbocycles. The molecule has 3 aromatic rings. The molecule has 3 heteroatoms. The zero-order valence-corrected chi connectivity index (χ0v) is 12.2. The van der Waals surface area contributed by atoms with Gasteiger partial charge in [0, 0.05) is 17.0 Å². The van der Waals surface area contributed by atoms with Crippen molar-refractivity contribution in [3.05, 3.63) is 59.9 Å². The van der Waals surface area contributed by atoms with Crippen molar-refractivity contribution in [2.75, 3.05) is 6.54 Å². The van der Waals surface area contributed by atoms with Gasteiger partial charge in [-0.15, -0.1) is 0 Å². The zero-order chi connectivity index (χ0) is 14.8. The SMILES string of the molecule is CCNC(C)c1cccc(-c2cc3cccc(F)c3o2)c1. The van der Waals surface area contributed by atoms with Crippen LogP contribution in [0.5, 0.6) is 0 Å². The van der Waals surface area contributed by atoms with Crippen molar-refractivity contribution in [2.45, 2.75) is 19.9 Å². The summed E-state index contributed by atoms with van der Waals surface area (Å²) in [6, 6.07) is 15.3. The lowest BCUT2D eigenvalue weighted by Crippen LogP contribution is -2.17. The normalized spacial score (nSPS) is 12.7. The number of halogens is 1. The fraction of sp³-hybridized carbons (Fsp3) is 0.222. The summed E-state index contributed by atoms with van der Waals surface area (Å²) < 4.78 is 19.4. The quantitative estimate of drug-likeness (QED) is 0.736. The van der Waals surface area contributed by atoms with E-state index in [1.54, 1.807) is 6.07 Å². The Morgan fingerprint density at radius 2 is 1.95 bits per heavy atom. The Kier molecular flexibility index (Phi) is 3.76. The van der Waals surface area contributed by atoms with Crippen molar-refractivity contribution < 1.29 is 8.81 Å². The van der Waals surface area contributed by atoms with Gasteiger partial charge in [-0.3, -0.25) is 0 Å². The molecule has 1 atom stereocenters. The van der Waals surface area contributed by atoms with E-state index in [1.165, 1.54) is 11.6 Å². The number of fused-ring (bicyclic) bond motifs is 1. The lowest BCUT2D eigenvalue weighted by molar-refractivity contribution is 0.568. The van der Waals surface area contributed by atoms with Crippen molar-refractivity contribution >= 4 is 11.0 Å². The molecule has 0 saturated carbocycles. The maximum Gasteiger partial charge on any atom is 0.170 e. The third-order valence-corrected chi connectivity index (χ3v) is 3.68. The molecule has 0 spiro atoms. The third kappa shape index (κ3) is 2.69. The van der Waals surface area contributed by atoms with E-state index in [4.69, 9.17) is 4.42 Å². The molecule has 0 aliphatic heterocycles. The molecule has 0 fully saturated rings. The summed E-state index contributed by atoms with van der Waals surface area (Å²) in [7, 11) is 0. The molecular weight excluding hydrogens is 265 g/mol. The van der Waals surface area contributed by atoms with Gasteiger partial charge in [0.1, 0.15) is 5.76 Å². The number of rotatable bonds is 4. The van der Waals surface area contributed by atoms with E-state index in [2.05, 4.69) is 31.3 Å². The predicted octanol–water partition coefficient (Wildman–Crippen LogP) is 4.91. The topological polar surface area (TPSA) is 25.2 Å². The molecule has 1 heterocycles. The largest absolute Gasteiger partial charge is 0.453 e. The molecular formula is C18H18FNO. The van der Waals surface area contributed by atoms with Crippen LogP contribution in [0.15, 0.2) is 52.9 Å². The highest BCUT2D eigenvalue weighted by Crippen LogP contribution is 2.30. The maximum absolute atomic E-state index is 13.7. The van der Waals surface area contributed by atoms with E-state index in [-0.39, 0.29) is 11.9 Å². The van der Waals surface area contributed by atoms with Crippen molar-refractivity contribution in [1.82, 2.24) is 5.32 Å². The van der Waals surface area contributed by atoms with Gasteiger partial charge in [-0.25, -0.2) is 4.39 Å². The lowest BCUT2D eigenvalue weighted by Gasteiger charge is -2.13. The van der Waals surface area contributed by atoms with Crippen LogP contribution in [0.4, 0.5) is 4.39 Å². The first-order chi connectivity index (χ1) is 10.2. The highest BCUT2D eigenvalue weighted by Gasteiger charge is 2.11. The average molecular weight is 283 g/mol. The van der Waals surface area contributed by atoms with Gasteiger partial charge in [-0.2, -0.15) is 0 Å². The minimum absolute atomic E-state index is 0.274. The third-order valence-electron chi connectivity index (χ3n) is 3.68. The molecule has 1 aromatic heterocycles. The summed E-state index contributed by atoms with van der Waals surface area (Å²) in [5.41, 5.74) is 2.47. The van der Waals surface area contributed by atoms with Crippen molar-refractivity contribution in [3.8, 4) is 11.3 Å². The molecule has 2 nitrogen and oxygen atoms in total. The van der Waals surface area contributed by atoms with Crippen LogP contribution in [0.25, 0.3) is 22.3 Å². The van der Waals surface area contributed by atoms with Gasteiger partial charge in [0.25, 0.3) is 0 Å². The van der Waals surface area contributed by atoms with Gasteiger partial charge >= 0.3 is 0 Å². The molecule has 1 N–H and O–H groups in total. The number of hydrogen-bond acceptors (Lipinski definition) is 2. The highest BCUT2D eigenvalue weighted by molar-refractivity contribution is 5.83. The fourth-order valence-electron chi connectivity index (χ4n) is 2.56. The molecule has 0 radical (unpaired) electrons. The first kappa shape index (κ1) is 13.8. The Bertz CT molecular complexity index is 763. The summed E-state index contributed by atoms with van der Waals surface area (Å²) in [4.78, 5) is 0. The van der Waals surface area contributed by atoms with Gasteiger partial charge in [0.05, 0.1) is 0 Å². The van der Waals surface area contributed by atoms with E-state index in [0.29, 0.717) is 11.3 Å². The molecule has 0 bridgehead atoms. The van der Waals surface area contributed by atoms with Gasteiger partial charge in [-0.1, -0.05) is 37.3 Å². The van der Waals surface area contributed by atoms with Crippen LogP contribution in [0, 0.1) is 5.82 Å². The van der Waals surface area contributed by atoms with E-state index in [9.17, 15) is 4.39 Å². The van der Waals surface area contributed by atoms with Crippen LogP contribution >= 0.6 is 0 Å². The van der Waals surface area contributed by atoms with E-state index >= 15 is 0 Å². The Hall–Kier alpha value is -2.13. The summed E-state index contributed by atoms with van der Waals surface area (Å²) in [6.07, 6.45) is 0. The molecule has 3 rings (SSSR count). The van der Waals surface area contributed by atoms with E-state index in [1.807, 2.05) is 24.3 Å². The monoisotopic (exact) mass is 283 g/mol. The molecule has 0 amide bonds. The Labute approximate surface area is 123 Å². The lowest BCUT2D eigenvalue weighted by atomic mass is 10.0. The number of para-hydroxylation sites is 1. The van der Waals surface area contributed by atoms with Crippen LogP contribution < -0.4 is 5.32 Å². The highest BCUT2D eigenvalue weighted by atomic mass is 19.1. The number of furan rings is 1. The van der Waals surface area contributed by atoms with Crippen LogP contribution in [0.2, 0.25) is 0 Å². The van der Waals surface area contributed by atoms with Gasteiger partial charge in [0.2, 0.25) is 0 Å². The van der Waals surface area contributed by atoms with E-state index in [0.717, 1.165) is 17.5 Å². The Morgan fingerprint density at radius 3 is 2.71 bits per heavy atom. The predicted molar refractivity (Wildman–Crippen MR) is 83.7 cm³/mol. The fourth-order valence-corrected chi connectivity index (χ4v) is 2.56. The second-order valence-corrected chi connectivity index (χ2v) is 5.17. The van der Waals surface area contributed by atoms with Crippen LogP contribution in [0.1, 0.15) is 25.5 Å². The average Bonchev–Trinajstić information content (AvgIpc) is 2.93. The summed E-state index contributed by atoms with van der Waals surface area (Å²) in [6.45, 7) is 5.13. The molecule has 0 aliphatic carbocycles. The molecule has 0 aliphatic rings. The minimum atomic E-state index is -0.323. The maximum atomic E-state index is 13.7. The summed E-state index contributed by atoms with van der Waals surface area (Å²) >= 11 is 0. The summed E-state index contributed by atoms with van der Waals surface area (Å²) in [5.74, 6) is 0.372. The Balaban J connectivity index is 2.02. The standard InChI is InChI=1S/C18H18FNO/c1-3-20-12(2)13-6-4-7-14(10-13)17-11-15-8-5-9-16(19)18(15)21-17/h4-12,20H,3H2,1-2H3. The van der Waals surface area contributed by atoms with Gasteiger partial charge in [0.15, 0.2) is 11.4 Å². The molecule has 1 unspecified atom stereocenters. The van der Waals surface area contributed by atoms with Crippen molar-refractivity contribution in [1.29, 1.82) is 0 Å². The van der Waals surface area contributed by atoms with Gasteiger partial charge in [-0.05, 0) is 37.2 Å². The molecule has 0 saturated heterocycles. The van der Waals surface area contributed by atoms with Crippen molar-refractivity contribution in [2.24, 2.45) is 0 Å². The number of benzene rings is 2. The number of nitrogens with one attached hydrogen (secondary N) is 1. The number of hydrogen-bond donors (Lipinski definition) is 1. The first-order valence-electron chi connectivity index (χ1n) is 7.21. The second-order valence-electron chi connectivity index (χ2n) is 5.17. The smallest absolute Gasteiger partial charge is 0.170 e.